The SMILES string of the molecule is CCCCCCCCCCCCCC(CC(CCCCCCCCCC)CCCCCCCCCCCC)OC(=O)C(CC)CCCC. The minimum Gasteiger partial charge on any atom is -0.462 e. The van der Waals surface area contributed by atoms with Crippen molar-refractivity contribution in [2.45, 2.75) is 278 Å². The van der Waals surface area contributed by atoms with Crippen molar-refractivity contribution in [3.63, 3.8) is 0 Å². The smallest absolute Gasteiger partial charge is 0.309 e. The fourth-order valence-corrected chi connectivity index (χ4v) is 7.70. The molecule has 0 heterocycles. The summed E-state index contributed by atoms with van der Waals surface area (Å²) in [5.74, 6) is 0.932. The average molecular weight is 677 g/mol. The second kappa shape index (κ2) is 39.3. The molecule has 0 amide bonds. The maximum absolute atomic E-state index is 13.4. The third-order valence-corrected chi connectivity index (χ3v) is 11.2. The van der Waals surface area contributed by atoms with E-state index in [9.17, 15) is 4.79 Å². The third kappa shape index (κ3) is 32.7. The molecule has 288 valence electrons. The van der Waals surface area contributed by atoms with Crippen molar-refractivity contribution in [1.82, 2.24) is 0 Å². The Bertz CT molecular complexity index is 615. The van der Waals surface area contributed by atoms with Crippen molar-refractivity contribution in [3.05, 3.63) is 0 Å². The Hall–Kier alpha value is -0.530. The Kier molecular flexibility index (Phi) is 38.8. The number of esters is 1. The van der Waals surface area contributed by atoms with Crippen LogP contribution in [0.1, 0.15) is 272 Å². The van der Waals surface area contributed by atoms with Crippen LogP contribution in [0.15, 0.2) is 0 Å². The summed E-state index contributed by atoms with van der Waals surface area (Å²) in [5.41, 5.74) is 0. The van der Waals surface area contributed by atoms with Crippen LogP contribution in [0.2, 0.25) is 0 Å². The molecule has 0 spiro atoms. The second-order valence-electron chi connectivity index (χ2n) is 16.0. The zero-order valence-corrected chi connectivity index (χ0v) is 34.2. The van der Waals surface area contributed by atoms with Gasteiger partial charge < -0.3 is 4.74 Å². The van der Waals surface area contributed by atoms with Gasteiger partial charge in [-0.3, -0.25) is 4.79 Å². The third-order valence-electron chi connectivity index (χ3n) is 11.2. The lowest BCUT2D eigenvalue weighted by molar-refractivity contribution is -0.156. The van der Waals surface area contributed by atoms with E-state index in [4.69, 9.17) is 4.74 Å². The molecule has 0 saturated heterocycles. The molecule has 0 aliphatic carbocycles. The van der Waals surface area contributed by atoms with Crippen LogP contribution in [-0.2, 0) is 9.53 Å². The lowest BCUT2D eigenvalue weighted by Crippen LogP contribution is -2.26. The predicted molar refractivity (Wildman–Crippen MR) is 216 cm³/mol. The Morgan fingerprint density at radius 1 is 0.375 bits per heavy atom. The largest absolute Gasteiger partial charge is 0.462 e. The van der Waals surface area contributed by atoms with Gasteiger partial charge in [-0.1, -0.05) is 240 Å². The van der Waals surface area contributed by atoms with Crippen molar-refractivity contribution in [1.29, 1.82) is 0 Å². The van der Waals surface area contributed by atoms with Gasteiger partial charge >= 0.3 is 5.97 Å². The highest BCUT2D eigenvalue weighted by atomic mass is 16.5. The van der Waals surface area contributed by atoms with Gasteiger partial charge in [0.2, 0.25) is 0 Å². The van der Waals surface area contributed by atoms with Gasteiger partial charge in [0.05, 0.1) is 5.92 Å². The predicted octanol–water partition coefficient (Wildman–Crippen LogP) is 16.7. The van der Waals surface area contributed by atoms with Crippen molar-refractivity contribution >= 4 is 5.97 Å². The first-order valence-electron chi connectivity index (χ1n) is 22.8. The van der Waals surface area contributed by atoms with Gasteiger partial charge in [0.25, 0.3) is 0 Å². The van der Waals surface area contributed by atoms with E-state index in [1.165, 1.54) is 199 Å². The van der Waals surface area contributed by atoms with Gasteiger partial charge in [-0.05, 0) is 38.0 Å². The quantitative estimate of drug-likeness (QED) is 0.0477. The molecule has 3 atom stereocenters. The fourth-order valence-electron chi connectivity index (χ4n) is 7.70. The number of unbranched alkanes of at least 4 members (excludes halogenated alkanes) is 27. The van der Waals surface area contributed by atoms with Crippen LogP contribution >= 0.6 is 0 Å². The molecule has 0 bridgehead atoms. The summed E-state index contributed by atoms with van der Waals surface area (Å²) in [6.07, 6.45) is 49.5. The maximum Gasteiger partial charge on any atom is 0.309 e. The Morgan fingerprint density at radius 3 is 1.02 bits per heavy atom. The number of carbonyl (C=O) groups is 1. The number of ether oxygens (including phenoxy) is 1. The molecule has 2 heteroatoms. The molecular weight excluding hydrogens is 585 g/mol. The van der Waals surface area contributed by atoms with E-state index in [1.807, 2.05) is 0 Å². The zero-order valence-electron chi connectivity index (χ0n) is 34.2. The standard InChI is InChI=1S/C46H92O2/c1-6-11-15-18-21-24-26-28-31-34-37-41-45(48-46(47)44(10-5)40-14-9-4)42-43(38-35-32-29-23-20-17-13-8-3)39-36-33-30-27-25-22-19-16-12-7-2/h43-45H,6-42H2,1-5H3. The van der Waals surface area contributed by atoms with E-state index in [0.717, 1.165) is 44.4 Å². The van der Waals surface area contributed by atoms with E-state index < -0.39 is 0 Å². The minimum absolute atomic E-state index is 0.0953. The lowest BCUT2D eigenvalue weighted by atomic mass is 9.88. The topological polar surface area (TPSA) is 26.3 Å². The van der Waals surface area contributed by atoms with Crippen LogP contribution in [0.5, 0.6) is 0 Å². The van der Waals surface area contributed by atoms with Crippen LogP contribution in [0.25, 0.3) is 0 Å². The summed E-state index contributed by atoms with van der Waals surface area (Å²) in [7, 11) is 0. The first-order valence-corrected chi connectivity index (χ1v) is 22.8. The summed E-state index contributed by atoms with van der Waals surface area (Å²) in [5, 5.41) is 0. The molecule has 48 heavy (non-hydrogen) atoms. The van der Waals surface area contributed by atoms with Gasteiger partial charge in [-0.2, -0.15) is 0 Å². The van der Waals surface area contributed by atoms with E-state index in [2.05, 4.69) is 34.6 Å². The summed E-state index contributed by atoms with van der Waals surface area (Å²) in [6, 6.07) is 0. The van der Waals surface area contributed by atoms with Crippen molar-refractivity contribution < 1.29 is 9.53 Å². The van der Waals surface area contributed by atoms with Crippen LogP contribution in [0, 0.1) is 11.8 Å². The molecule has 0 saturated carbocycles. The molecule has 0 aromatic rings. The van der Waals surface area contributed by atoms with Gasteiger partial charge in [0.15, 0.2) is 0 Å². The van der Waals surface area contributed by atoms with E-state index in [-0.39, 0.29) is 18.0 Å². The molecule has 0 fully saturated rings. The van der Waals surface area contributed by atoms with Crippen LogP contribution in [0.3, 0.4) is 0 Å². The Morgan fingerprint density at radius 2 is 0.688 bits per heavy atom. The number of carbonyl (C=O) groups excluding carboxylic acids is 1. The normalized spacial score (nSPS) is 13.5. The van der Waals surface area contributed by atoms with Crippen molar-refractivity contribution in [2.75, 3.05) is 0 Å². The van der Waals surface area contributed by atoms with E-state index in [1.54, 1.807) is 0 Å². The molecule has 0 aromatic carbocycles. The average Bonchev–Trinajstić information content (AvgIpc) is 3.09. The van der Waals surface area contributed by atoms with Gasteiger partial charge in [-0.25, -0.2) is 0 Å². The van der Waals surface area contributed by atoms with E-state index in [0.29, 0.717) is 0 Å². The van der Waals surface area contributed by atoms with Gasteiger partial charge in [-0.15, -0.1) is 0 Å². The van der Waals surface area contributed by atoms with Crippen LogP contribution in [-0.4, -0.2) is 12.1 Å². The van der Waals surface area contributed by atoms with Crippen LogP contribution < -0.4 is 0 Å². The fraction of sp³-hybridized carbons (Fsp3) is 0.978. The van der Waals surface area contributed by atoms with Crippen molar-refractivity contribution in [3.8, 4) is 0 Å². The molecular formula is C46H92O2. The molecule has 2 nitrogen and oxygen atoms in total. The molecule has 0 N–H and O–H groups in total. The molecule has 0 aliphatic heterocycles. The van der Waals surface area contributed by atoms with Gasteiger partial charge in [0, 0.05) is 0 Å². The maximum atomic E-state index is 13.4. The monoisotopic (exact) mass is 677 g/mol. The highest BCUT2D eigenvalue weighted by Crippen LogP contribution is 2.28. The number of hydrogen-bond donors (Lipinski definition) is 0. The van der Waals surface area contributed by atoms with Crippen LogP contribution in [0.4, 0.5) is 0 Å². The molecule has 3 unspecified atom stereocenters. The molecule has 0 radical (unpaired) electrons. The minimum atomic E-state index is 0.0953. The lowest BCUT2D eigenvalue weighted by Gasteiger charge is -2.26. The van der Waals surface area contributed by atoms with Gasteiger partial charge in [0.1, 0.15) is 6.10 Å². The first kappa shape index (κ1) is 47.5. The second-order valence-corrected chi connectivity index (χ2v) is 16.0. The highest BCUT2D eigenvalue weighted by molar-refractivity contribution is 5.72. The summed E-state index contributed by atoms with van der Waals surface area (Å²) < 4.78 is 6.47. The summed E-state index contributed by atoms with van der Waals surface area (Å²) >= 11 is 0. The number of rotatable bonds is 40. The summed E-state index contributed by atoms with van der Waals surface area (Å²) in [4.78, 5) is 13.4. The molecule has 0 aliphatic rings. The Labute approximate surface area is 304 Å². The highest BCUT2D eigenvalue weighted by Gasteiger charge is 2.24. The zero-order chi connectivity index (χ0) is 35.2. The molecule has 0 aromatic heterocycles. The van der Waals surface area contributed by atoms with E-state index >= 15 is 0 Å². The first-order chi connectivity index (χ1) is 23.6. The molecule has 0 rings (SSSR count). The summed E-state index contributed by atoms with van der Waals surface area (Å²) in [6.45, 7) is 11.3. The number of hydrogen-bond acceptors (Lipinski definition) is 2. The van der Waals surface area contributed by atoms with Crippen molar-refractivity contribution in [2.24, 2.45) is 11.8 Å². The Balaban J connectivity index is 4.96.